The number of nitrogens with zero attached hydrogens (tertiary/aromatic N) is 2. The molecular weight excluding hydrogens is 254 g/mol. The summed E-state index contributed by atoms with van der Waals surface area (Å²) >= 11 is 0. The van der Waals surface area contributed by atoms with Gasteiger partial charge >= 0.3 is 0 Å². The van der Waals surface area contributed by atoms with E-state index in [2.05, 4.69) is 15.2 Å². The monoisotopic (exact) mass is 267 g/mol. The first-order valence-corrected chi connectivity index (χ1v) is 6.13. The molecule has 20 heavy (non-hydrogen) atoms. The van der Waals surface area contributed by atoms with Gasteiger partial charge in [-0.1, -0.05) is 18.2 Å². The number of H-pyrrole nitrogens is 1. The van der Waals surface area contributed by atoms with E-state index in [1.807, 2.05) is 36.4 Å². The fraction of sp³-hybridized carbons (Fsp3) is 0.0667. The summed E-state index contributed by atoms with van der Waals surface area (Å²) in [6.07, 6.45) is 0. The number of ether oxygens (including phenoxy) is 1. The first-order chi connectivity index (χ1) is 9.78. The van der Waals surface area contributed by atoms with E-state index in [1.54, 1.807) is 19.2 Å². The molecule has 2 aromatic carbocycles. The maximum atomic E-state index is 9.87. The predicted molar refractivity (Wildman–Crippen MR) is 77.1 cm³/mol. The fourth-order valence-electron chi connectivity index (χ4n) is 1.97. The number of aromatic hydroxyl groups is 1. The van der Waals surface area contributed by atoms with Gasteiger partial charge in [0.1, 0.15) is 5.75 Å². The van der Waals surface area contributed by atoms with Crippen molar-refractivity contribution in [2.24, 2.45) is 10.2 Å². The van der Waals surface area contributed by atoms with Crippen LogP contribution in [-0.2, 0) is 0 Å². The molecule has 0 bridgehead atoms. The lowest BCUT2D eigenvalue weighted by Crippen LogP contribution is -1.79. The number of fused-ring (bicyclic) bond motifs is 1. The van der Waals surface area contributed by atoms with Crippen molar-refractivity contribution in [1.82, 2.24) is 4.98 Å². The van der Waals surface area contributed by atoms with Crippen molar-refractivity contribution in [2.45, 2.75) is 0 Å². The van der Waals surface area contributed by atoms with Gasteiger partial charge in [-0.25, -0.2) is 0 Å². The lowest BCUT2D eigenvalue weighted by molar-refractivity contribution is 0.415. The fourth-order valence-corrected chi connectivity index (χ4v) is 1.97. The van der Waals surface area contributed by atoms with Crippen molar-refractivity contribution in [3.05, 3.63) is 48.5 Å². The normalized spacial score (nSPS) is 11.2. The molecule has 0 fully saturated rings. The molecule has 3 aromatic rings. The molecular formula is C15H13N3O2. The Balaban J connectivity index is 1.95. The summed E-state index contributed by atoms with van der Waals surface area (Å²) in [5.41, 5.74) is 1.96. The summed E-state index contributed by atoms with van der Waals surface area (Å²) < 4.78 is 5.08. The molecule has 0 saturated heterocycles. The van der Waals surface area contributed by atoms with Crippen LogP contribution in [0.4, 0.5) is 11.4 Å². The van der Waals surface area contributed by atoms with Crippen LogP contribution in [0.25, 0.3) is 10.9 Å². The first kappa shape index (κ1) is 12.2. The van der Waals surface area contributed by atoms with E-state index in [4.69, 9.17) is 4.74 Å². The third-order valence-corrected chi connectivity index (χ3v) is 3.00. The molecule has 0 aliphatic carbocycles. The van der Waals surface area contributed by atoms with Crippen LogP contribution < -0.4 is 4.74 Å². The molecule has 0 spiro atoms. The average Bonchev–Trinajstić information content (AvgIpc) is 2.81. The van der Waals surface area contributed by atoms with Gasteiger partial charge in [-0.15, -0.1) is 5.11 Å². The third kappa shape index (κ3) is 2.21. The summed E-state index contributed by atoms with van der Waals surface area (Å²) in [7, 11) is 1.61. The van der Waals surface area contributed by atoms with Gasteiger partial charge < -0.3 is 14.8 Å². The smallest absolute Gasteiger partial charge is 0.218 e. The quantitative estimate of drug-likeness (QED) is 0.694. The molecule has 1 aromatic heterocycles. The lowest BCUT2D eigenvalue weighted by atomic mass is 10.2. The molecule has 0 amide bonds. The van der Waals surface area contributed by atoms with Crippen LogP contribution in [-0.4, -0.2) is 17.2 Å². The number of hydrogen-bond acceptors (Lipinski definition) is 4. The molecule has 5 heteroatoms. The average molecular weight is 267 g/mol. The minimum absolute atomic E-state index is 0.0171. The van der Waals surface area contributed by atoms with Crippen molar-refractivity contribution >= 4 is 22.3 Å². The van der Waals surface area contributed by atoms with Crippen molar-refractivity contribution in [2.75, 3.05) is 7.11 Å². The zero-order valence-corrected chi connectivity index (χ0v) is 10.9. The maximum Gasteiger partial charge on any atom is 0.218 e. The van der Waals surface area contributed by atoms with E-state index in [0.29, 0.717) is 11.4 Å². The minimum Gasteiger partial charge on any atom is -0.497 e. The van der Waals surface area contributed by atoms with E-state index >= 15 is 0 Å². The lowest BCUT2D eigenvalue weighted by Gasteiger charge is -1.98. The Morgan fingerprint density at radius 1 is 1.00 bits per heavy atom. The number of benzene rings is 2. The number of hydrogen-bond donors (Lipinski definition) is 2. The van der Waals surface area contributed by atoms with Gasteiger partial charge in [-0.2, -0.15) is 5.11 Å². The molecule has 0 saturated carbocycles. The topological polar surface area (TPSA) is 70.0 Å². The number of rotatable bonds is 3. The van der Waals surface area contributed by atoms with Crippen LogP contribution in [0, 0.1) is 0 Å². The van der Waals surface area contributed by atoms with Crippen LogP contribution in [0.2, 0.25) is 0 Å². The standard InChI is InChI=1S/C15H13N3O2/c1-20-11-8-6-10(7-9-11)17-18-14-12-4-2-3-5-13(12)16-15(14)19/h2-9,16,19H,1H3. The number of methoxy groups -OCH3 is 1. The largest absolute Gasteiger partial charge is 0.497 e. The maximum absolute atomic E-state index is 9.87. The van der Waals surface area contributed by atoms with Crippen LogP contribution in [0.3, 0.4) is 0 Å². The number of para-hydroxylation sites is 1. The van der Waals surface area contributed by atoms with E-state index < -0.39 is 0 Å². The molecule has 2 N–H and O–H groups in total. The van der Waals surface area contributed by atoms with Gasteiger partial charge in [0.2, 0.25) is 5.88 Å². The Bertz CT molecular complexity index is 760. The number of aromatic nitrogens is 1. The molecule has 0 aliphatic heterocycles. The Kier molecular flexibility index (Phi) is 3.09. The van der Waals surface area contributed by atoms with Gasteiger partial charge in [0.05, 0.1) is 18.3 Å². The molecule has 0 atom stereocenters. The predicted octanol–water partition coefficient (Wildman–Crippen LogP) is 4.30. The number of nitrogens with one attached hydrogen (secondary N) is 1. The highest BCUT2D eigenvalue weighted by Gasteiger charge is 2.09. The van der Waals surface area contributed by atoms with Crippen LogP contribution in [0.15, 0.2) is 58.8 Å². The zero-order chi connectivity index (χ0) is 13.9. The number of azo groups is 1. The molecule has 3 rings (SSSR count). The first-order valence-electron chi connectivity index (χ1n) is 6.13. The minimum atomic E-state index is 0.0171. The zero-order valence-electron chi connectivity index (χ0n) is 10.9. The van der Waals surface area contributed by atoms with Crippen molar-refractivity contribution in [1.29, 1.82) is 0 Å². The second-order valence-electron chi connectivity index (χ2n) is 4.27. The van der Waals surface area contributed by atoms with Crippen molar-refractivity contribution in [3.8, 4) is 11.6 Å². The Labute approximate surface area is 115 Å². The second kappa shape index (κ2) is 5.05. The summed E-state index contributed by atoms with van der Waals surface area (Å²) in [6.45, 7) is 0. The van der Waals surface area contributed by atoms with Crippen molar-refractivity contribution < 1.29 is 9.84 Å². The molecule has 5 nitrogen and oxygen atoms in total. The molecule has 1 heterocycles. The van der Waals surface area contributed by atoms with Crippen LogP contribution in [0.1, 0.15) is 0 Å². The van der Waals surface area contributed by atoms with E-state index in [9.17, 15) is 5.11 Å². The molecule has 0 radical (unpaired) electrons. The highest BCUT2D eigenvalue weighted by molar-refractivity contribution is 5.94. The summed E-state index contributed by atoms with van der Waals surface area (Å²) in [5.74, 6) is 0.780. The van der Waals surface area contributed by atoms with E-state index in [-0.39, 0.29) is 5.88 Å². The Morgan fingerprint density at radius 3 is 2.50 bits per heavy atom. The SMILES string of the molecule is COc1ccc(N=Nc2c(O)[nH]c3ccccc23)cc1. The van der Waals surface area contributed by atoms with Gasteiger partial charge in [0, 0.05) is 5.39 Å². The number of aromatic amines is 1. The van der Waals surface area contributed by atoms with Gasteiger partial charge in [-0.3, -0.25) is 0 Å². The second-order valence-corrected chi connectivity index (χ2v) is 4.27. The molecule has 0 aliphatic rings. The van der Waals surface area contributed by atoms with Gasteiger partial charge in [0.15, 0.2) is 5.69 Å². The van der Waals surface area contributed by atoms with Gasteiger partial charge in [0.25, 0.3) is 0 Å². The Hall–Kier alpha value is -2.82. The van der Waals surface area contributed by atoms with E-state index in [1.165, 1.54) is 0 Å². The summed E-state index contributed by atoms with van der Waals surface area (Å²) in [6, 6.07) is 14.8. The summed E-state index contributed by atoms with van der Waals surface area (Å²) in [5, 5.41) is 18.9. The van der Waals surface area contributed by atoms with Crippen LogP contribution in [0.5, 0.6) is 11.6 Å². The van der Waals surface area contributed by atoms with Crippen molar-refractivity contribution in [3.63, 3.8) is 0 Å². The van der Waals surface area contributed by atoms with Crippen LogP contribution >= 0.6 is 0 Å². The summed E-state index contributed by atoms with van der Waals surface area (Å²) in [4.78, 5) is 2.86. The molecule has 100 valence electrons. The highest BCUT2D eigenvalue weighted by atomic mass is 16.5. The van der Waals surface area contributed by atoms with E-state index in [0.717, 1.165) is 16.7 Å². The Morgan fingerprint density at radius 2 is 1.75 bits per heavy atom. The van der Waals surface area contributed by atoms with Gasteiger partial charge in [-0.05, 0) is 30.3 Å². The molecule has 0 unspecified atom stereocenters. The third-order valence-electron chi connectivity index (χ3n) is 3.00. The highest BCUT2D eigenvalue weighted by Crippen LogP contribution is 2.36.